The minimum atomic E-state index is -2.19. The molecular formula is C53H63Cl2N3O5Si. The number of halogens is 2. The molecule has 0 spiro atoms. The fraction of sp³-hybridized carbons (Fsp3) is 0.377. The predicted molar refractivity (Wildman–Crippen MR) is 261 cm³/mol. The summed E-state index contributed by atoms with van der Waals surface area (Å²) >= 11 is 13.3. The third-order valence-electron chi connectivity index (χ3n) is 13.4. The summed E-state index contributed by atoms with van der Waals surface area (Å²) in [4.78, 5) is 47.7. The molecule has 4 unspecified atom stereocenters. The topological polar surface area (TPSA) is 102 Å². The predicted octanol–water partition coefficient (Wildman–Crippen LogP) is 10.8. The molecule has 5 aromatic carbocycles. The Morgan fingerprint density at radius 1 is 0.797 bits per heavy atom. The number of esters is 1. The molecule has 0 aromatic heterocycles. The van der Waals surface area contributed by atoms with Gasteiger partial charge in [0.05, 0.1) is 25.0 Å². The van der Waals surface area contributed by atoms with Crippen molar-refractivity contribution in [1.82, 2.24) is 9.80 Å². The second kappa shape index (κ2) is 20.6. The van der Waals surface area contributed by atoms with Gasteiger partial charge >= 0.3 is 5.97 Å². The summed E-state index contributed by atoms with van der Waals surface area (Å²) in [7, 11) is 1.30. The quantitative estimate of drug-likeness (QED) is 0.0566. The largest absolute Gasteiger partial charge is 0.444 e. The number of carbonyl (C=O) groups is 3. The lowest BCUT2D eigenvalue weighted by molar-refractivity contribution is -0.157. The second-order valence-electron chi connectivity index (χ2n) is 18.9. The van der Waals surface area contributed by atoms with Crippen LogP contribution in [0.1, 0.15) is 78.5 Å². The van der Waals surface area contributed by atoms with Gasteiger partial charge in [0, 0.05) is 47.4 Å². The zero-order chi connectivity index (χ0) is 46.4. The van der Waals surface area contributed by atoms with E-state index < -0.39 is 37.9 Å². The Bertz CT molecular complexity index is 2390. The van der Waals surface area contributed by atoms with Crippen LogP contribution in [0, 0.1) is 12.8 Å². The van der Waals surface area contributed by atoms with Crippen molar-refractivity contribution in [2.75, 3.05) is 27.2 Å². The van der Waals surface area contributed by atoms with Gasteiger partial charge in [-0.15, -0.1) is 0 Å². The molecule has 0 aliphatic heterocycles. The van der Waals surface area contributed by atoms with Crippen LogP contribution in [-0.2, 0) is 42.0 Å². The third-order valence-corrected chi connectivity index (χ3v) is 18.5. The van der Waals surface area contributed by atoms with Crippen LogP contribution in [0.3, 0.4) is 0 Å². The van der Waals surface area contributed by atoms with E-state index in [1.165, 1.54) is 0 Å². The molecule has 1 aliphatic carbocycles. The highest BCUT2D eigenvalue weighted by molar-refractivity contribution is 6.74. The number of likely N-dealkylation sites (N-methyl/N-ethyl adjacent to an activating group) is 2. The highest BCUT2D eigenvalue weighted by Crippen LogP contribution is 2.46. The summed E-state index contributed by atoms with van der Waals surface area (Å²) in [5, 5.41) is 0.984. The van der Waals surface area contributed by atoms with E-state index in [0.717, 1.165) is 39.8 Å². The molecule has 1 aliphatic rings. The summed E-state index contributed by atoms with van der Waals surface area (Å²) in [5.74, 6) is -2.07. The van der Waals surface area contributed by atoms with E-state index in [2.05, 4.69) is 46.0 Å². The molecule has 338 valence electrons. The lowest BCUT2D eigenvalue weighted by atomic mass is 9.79. The third kappa shape index (κ3) is 11.0. The number of aryl methyl sites for hydroxylation is 2. The molecule has 5 aromatic rings. The van der Waals surface area contributed by atoms with Crippen molar-refractivity contribution in [3.05, 3.63) is 176 Å². The van der Waals surface area contributed by atoms with Gasteiger partial charge < -0.3 is 24.7 Å². The molecule has 2 amide bonds. The van der Waals surface area contributed by atoms with Gasteiger partial charge in [-0.25, -0.2) is 0 Å². The Morgan fingerprint density at radius 3 is 2.06 bits per heavy atom. The lowest BCUT2D eigenvalue weighted by Crippen LogP contribution is -2.54. The fourth-order valence-electron chi connectivity index (χ4n) is 8.59. The Balaban J connectivity index is 1.34. The van der Waals surface area contributed by atoms with E-state index >= 15 is 4.79 Å². The van der Waals surface area contributed by atoms with Gasteiger partial charge in [0.1, 0.15) is 6.04 Å². The summed E-state index contributed by atoms with van der Waals surface area (Å²) < 4.78 is 13.3. The first-order valence-corrected chi connectivity index (χ1v) is 25.8. The zero-order valence-corrected chi connectivity index (χ0v) is 41.0. The number of nitrogens with zero attached hydrogens (tertiary/aromatic N) is 2. The van der Waals surface area contributed by atoms with Crippen LogP contribution in [0.15, 0.2) is 127 Å². The molecule has 6 rings (SSSR count). The number of nitrogens with two attached hydrogens (primary N) is 1. The van der Waals surface area contributed by atoms with Gasteiger partial charge in [-0.2, -0.15) is 0 Å². The van der Waals surface area contributed by atoms with E-state index in [-0.39, 0.29) is 42.3 Å². The molecule has 8 nitrogen and oxygen atoms in total. The van der Waals surface area contributed by atoms with Crippen molar-refractivity contribution in [3.63, 3.8) is 0 Å². The van der Waals surface area contributed by atoms with Gasteiger partial charge in [0.15, 0.2) is 13.9 Å². The van der Waals surface area contributed by atoms with Crippen LogP contribution in [0.4, 0.5) is 0 Å². The van der Waals surface area contributed by atoms with Gasteiger partial charge in [-0.3, -0.25) is 14.4 Å². The molecule has 11 heteroatoms. The number of fused-ring (bicyclic) bond motifs is 1. The first kappa shape index (κ1) is 48.7. The minimum absolute atomic E-state index is 0.0526. The molecule has 0 radical (unpaired) electrons. The number of rotatable bonds is 17. The molecule has 0 fully saturated rings. The lowest BCUT2D eigenvalue weighted by Gasteiger charge is -2.38. The highest BCUT2D eigenvalue weighted by atomic mass is 35.5. The molecule has 64 heavy (non-hydrogen) atoms. The molecule has 0 bridgehead atoms. The molecule has 2 N–H and O–H groups in total. The highest BCUT2D eigenvalue weighted by Gasteiger charge is 2.45. The molecule has 5 atom stereocenters. The number of carbonyl (C=O) groups excluding carboxylic acids is 3. The summed E-state index contributed by atoms with van der Waals surface area (Å²) in [6.45, 7) is 13.0. The standard InChI is InChI=1S/C53H63Cl2N3O5Si/c1-36-22-27-40(28-23-36)53(39-17-10-9-11-18-39,46-20-14-15-21-47(46)55)63-49(59)33-45(44-31-26-38-16-12-13-19-43(38)44)50(60)57(5)34-42(32-37-24-29-41(54)30-25-37)58(6)51(61)48(56)35-62-64(7,8)52(2,3)4/h9-25,27-30,42,44-45,48H,26,31-35,56H2,1-8H3/t42?,44-,45?,48?,53?/m1/s1. The average Bonchev–Trinajstić information content (AvgIpc) is 3.71. The maximum atomic E-state index is 15.2. The van der Waals surface area contributed by atoms with Gasteiger partial charge in [0.25, 0.3) is 0 Å². The van der Waals surface area contributed by atoms with E-state index in [1.807, 2.05) is 116 Å². The number of hydrogen-bond acceptors (Lipinski definition) is 6. The SMILES string of the molecule is Cc1ccc(C(OC(=O)CC(C(=O)N(C)CC(Cc2ccc(Cl)cc2)N(C)C(=O)C(N)CO[Si](C)(C)C(C)(C)C)[C@@H]2CCc3ccccc32)(c2ccccc2)c2ccccc2Cl)cc1. The molecule has 0 saturated heterocycles. The Hall–Kier alpha value is -4.77. The Kier molecular flexibility index (Phi) is 15.7. The average molecular weight is 921 g/mol. The number of benzene rings is 5. The van der Waals surface area contributed by atoms with Crippen molar-refractivity contribution in [3.8, 4) is 0 Å². The van der Waals surface area contributed by atoms with E-state index in [1.54, 1.807) is 30.0 Å². The number of amides is 2. The van der Waals surface area contributed by atoms with Crippen LogP contribution in [-0.4, -0.2) is 75.2 Å². The van der Waals surface area contributed by atoms with Crippen LogP contribution in [0.5, 0.6) is 0 Å². The maximum Gasteiger partial charge on any atom is 0.308 e. The normalized spacial score (nSPS) is 16.2. The summed E-state index contributed by atoms with van der Waals surface area (Å²) in [6.07, 6.45) is 1.71. The first-order chi connectivity index (χ1) is 30.3. The Labute approximate surface area is 391 Å². The van der Waals surface area contributed by atoms with Gasteiger partial charge in [-0.1, -0.05) is 159 Å². The van der Waals surface area contributed by atoms with Crippen LogP contribution in [0.25, 0.3) is 0 Å². The van der Waals surface area contributed by atoms with Crippen molar-refractivity contribution < 1.29 is 23.5 Å². The van der Waals surface area contributed by atoms with E-state index in [4.69, 9.17) is 38.1 Å². The van der Waals surface area contributed by atoms with Crippen LogP contribution in [0.2, 0.25) is 28.2 Å². The second-order valence-corrected chi connectivity index (χ2v) is 24.5. The first-order valence-electron chi connectivity index (χ1n) is 22.2. The van der Waals surface area contributed by atoms with Crippen molar-refractivity contribution in [2.45, 2.75) is 95.1 Å². The maximum absolute atomic E-state index is 15.2. The van der Waals surface area contributed by atoms with Crippen molar-refractivity contribution in [1.29, 1.82) is 0 Å². The van der Waals surface area contributed by atoms with Crippen LogP contribution >= 0.6 is 23.2 Å². The number of ether oxygens (including phenoxy) is 1. The van der Waals surface area contributed by atoms with Gasteiger partial charge in [0.2, 0.25) is 11.8 Å². The van der Waals surface area contributed by atoms with Gasteiger partial charge in [-0.05, 0) is 85.1 Å². The zero-order valence-electron chi connectivity index (χ0n) is 38.4. The monoisotopic (exact) mass is 919 g/mol. The Morgan fingerprint density at radius 2 is 1.41 bits per heavy atom. The van der Waals surface area contributed by atoms with Crippen LogP contribution < -0.4 is 5.73 Å². The fourth-order valence-corrected chi connectivity index (χ4v) is 10.0. The van der Waals surface area contributed by atoms with E-state index in [9.17, 15) is 9.59 Å². The smallest absolute Gasteiger partial charge is 0.308 e. The van der Waals surface area contributed by atoms with Crippen molar-refractivity contribution >= 4 is 49.3 Å². The molecule has 0 saturated carbocycles. The minimum Gasteiger partial charge on any atom is -0.444 e. The summed E-state index contributed by atoms with van der Waals surface area (Å²) in [6, 6.07) is 39.2. The number of hydrogen-bond donors (Lipinski definition) is 1. The molecular weight excluding hydrogens is 858 g/mol. The van der Waals surface area contributed by atoms with Crippen molar-refractivity contribution in [2.24, 2.45) is 11.7 Å². The van der Waals surface area contributed by atoms with E-state index in [0.29, 0.717) is 28.5 Å². The molecule has 0 heterocycles. The summed E-state index contributed by atoms with van der Waals surface area (Å²) in [5.41, 5.74) is 11.4.